The van der Waals surface area contributed by atoms with E-state index in [9.17, 15) is 19.5 Å². The number of thiol groups is 1. The van der Waals surface area contributed by atoms with E-state index in [4.69, 9.17) is 10.8 Å². The van der Waals surface area contributed by atoms with Gasteiger partial charge < -0.3 is 21.3 Å². The number of hydrogen-bond donors (Lipinski definition) is 5. The predicted octanol–water partition coefficient (Wildman–Crippen LogP) is 3.64. The number of carbonyl (C=O) groups excluding carboxylic acids is 2. The van der Waals surface area contributed by atoms with Crippen molar-refractivity contribution in [2.45, 2.75) is 103 Å². The van der Waals surface area contributed by atoms with Crippen LogP contribution in [0.4, 0.5) is 0 Å². The Labute approximate surface area is 199 Å². The summed E-state index contributed by atoms with van der Waals surface area (Å²) in [6.07, 6.45) is 15.3. The van der Waals surface area contributed by atoms with E-state index in [0.29, 0.717) is 0 Å². The number of hydrogen-bond acceptors (Lipinski definition) is 6. The zero-order valence-electron chi connectivity index (χ0n) is 19.6. The Morgan fingerprint density at radius 3 is 2.06 bits per heavy atom. The van der Waals surface area contributed by atoms with Gasteiger partial charge in [0.2, 0.25) is 5.91 Å². The smallest absolute Gasteiger partial charge is 0.303 e. The quantitative estimate of drug-likeness (QED) is 0.0985. The van der Waals surface area contributed by atoms with E-state index < -0.39 is 29.9 Å². The molecule has 0 fully saturated rings. The predicted molar refractivity (Wildman–Crippen MR) is 132 cm³/mol. The maximum atomic E-state index is 12.9. The first kappa shape index (κ1) is 30.6. The van der Waals surface area contributed by atoms with E-state index in [1.165, 1.54) is 51.4 Å². The molecule has 0 saturated carbocycles. The Hall–Kier alpha value is -1.38. The first-order valence-electron chi connectivity index (χ1n) is 12.1. The highest BCUT2D eigenvalue weighted by atomic mass is 32.1. The summed E-state index contributed by atoms with van der Waals surface area (Å²) < 4.78 is 0. The van der Waals surface area contributed by atoms with E-state index in [2.05, 4.69) is 24.9 Å². The Morgan fingerprint density at radius 2 is 1.56 bits per heavy atom. The van der Waals surface area contributed by atoms with Gasteiger partial charge >= 0.3 is 5.97 Å². The zero-order valence-corrected chi connectivity index (χ0v) is 20.5. The molecule has 0 aromatic carbocycles. The van der Waals surface area contributed by atoms with Crippen molar-refractivity contribution in [3.8, 4) is 0 Å². The van der Waals surface area contributed by atoms with Crippen LogP contribution in [0.15, 0.2) is 12.2 Å². The number of Topliss-reactive ketones (excluding diaryl/α,β-unsaturated/α-hetero) is 1. The number of ketones is 1. The van der Waals surface area contributed by atoms with Crippen molar-refractivity contribution in [3.05, 3.63) is 12.2 Å². The van der Waals surface area contributed by atoms with Crippen LogP contribution >= 0.6 is 12.6 Å². The molecule has 32 heavy (non-hydrogen) atoms. The number of aliphatic hydroxyl groups excluding tert-OH is 1. The average molecular weight is 473 g/mol. The molecule has 7 nitrogen and oxygen atoms in total. The molecule has 0 spiro atoms. The van der Waals surface area contributed by atoms with Crippen LogP contribution in [0.1, 0.15) is 90.4 Å². The Bertz CT molecular complexity index is 557. The highest BCUT2D eigenvalue weighted by Gasteiger charge is 2.30. The van der Waals surface area contributed by atoms with Crippen molar-refractivity contribution in [3.63, 3.8) is 0 Å². The lowest BCUT2D eigenvalue weighted by atomic mass is 9.89. The van der Waals surface area contributed by atoms with Gasteiger partial charge in [0.1, 0.15) is 0 Å². The minimum atomic E-state index is -1.14. The van der Waals surface area contributed by atoms with Crippen LogP contribution in [0, 0.1) is 5.92 Å². The second-order valence-corrected chi connectivity index (χ2v) is 8.70. The summed E-state index contributed by atoms with van der Waals surface area (Å²) in [7, 11) is 0. The van der Waals surface area contributed by atoms with Crippen molar-refractivity contribution in [1.82, 2.24) is 5.32 Å². The van der Waals surface area contributed by atoms with Gasteiger partial charge in [0, 0.05) is 12.2 Å². The van der Waals surface area contributed by atoms with Gasteiger partial charge in [-0.1, -0.05) is 76.9 Å². The van der Waals surface area contributed by atoms with Gasteiger partial charge in [-0.25, -0.2) is 0 Å². The number of nitrogens with two attached hydrogens (primary N) is 1. The lowest BCUT2D eigenvalue weighted by molar-refractivity contribution is -0.138. The van der Waals surface area contributed by atoms with Gasteiger partial charge in [-0.2, -0.15) is 12.6 Å². The van der Waals surface area contributed by atoms with E-state index in [1.807, 2.05) is 6.08 Å². The molecule has 0 radical (unpaired) electrons. The van der Waals surface area contributed by atoms with E-state index in [0.717, 1.165) is 19.3 Å². The molecule has 0 heterocycles. The monoisotopic (exact) mass is 472 g/mol. The molecule has 0 bridgehead atoms. The van der Waals surface area contributed by atoms with Crippen molar-refractivity contribution < 1.29 is 24.6 Å². The third-order valence-electron chi connectivity index (χ3n) is 5.51. The number of unbranched alkanes of at least 4 members (excludes halogenated alkanes) is 10. The lowest BCUT2D eigenvalue weighted by Gasteiger charge is -2.23. The first-order valence-corrected chi connectivity index (χ1v) is 12.7. The molecular weight excluding hydrogens is 428 g/mol. The molecule has 1 unspecified atom stereocenters. The second kappa shape index (κ2) is 20.2. The van der Waals surface area contributed by atoms with Crippen LogP contribution in [-0.2, 0) is 14.4 Å². The van der Waals surface area contributed by atoms with Crippen molar-refractivity contribution in [2.24, 2.45) is 11.7 Å². The number of rotatable bonds is 21. The maximum absolute atomic E-state index is 12.9. The lowest BCUT2D eigenvalue weighted by Crippen LogP contribution is -2.48. The molecule has 0 aliphatic rings. The van der Waals surface area contributed by atoms with Gasteiger partial charge in [-0.05, 0) is 19.3 Å². The normalized spacial score (nSPS) is 14.2. The zero-order chi connectivity index (χ0) is 24.2. The first-order chi connectivity index (χ1) is 15.4. The average Bonchev–Trinajstić information content (AvgIpc) is 2.78. The topological polar surface area (TPSA) is 130 Å². The SMILES string of the molecule is CCCCCCCCCCCC/C=C\[C@H](C(=O)C(CS)NC(=O)CN)[C@H](O)CCC(=O)O. The third-order valence-corrected chi connectivity index (χ3v) is 5.88. The summed E-state index contributed by atoms with van der Waals surface area (Å²) >= 11 is 4.13. The van der Waals surface area contributed by atoms with Crippen LogP contribution in [0.3, 0.4) is 0 Å². The molecule has 0 saturated heterocycles. The molecule has 0 aliphatic heterocycles. The standard InChI is InChI=1S/C24H44N2O5S/c1-2-3-4-5-6-7-8-9-10-11-12-13-14-19(21(27)15-16-23(29)30)24(31)20(18-32)26-22(28)17-25/h13-14,19-21,27,32H,2-12,15-18,25H2,1H3,(H,26,28)(H,29,30)/b14-13-/t19-,20?,21+/m0/s1. The fourth-order valence-corrected chi connectivity index (χ4v) is 3.82. The summed E-state index contributed by atoms with van der Waals surface area (Å²) in [5.74, 6) is -2.73. The minimum Gasteiger partial charge on any atom is -0.481 e. The molecule has 0 rings (SSSR count). The summed E-state index contributed by atoms with van der Waals surface area (Å²) in [6.45, 7) is 1.97. The van der Waals surface area contributed by atoms with Gasteiger partial charge in [-0.15, -0.1) is 0 Å². The molecule has 186 valence electrons. The van der Waals surface area contributed by atoms with Crippen LogP contribution < -0.4 is 11.1 Å². The molecule has 5 N–H and O–H groups in total. The van der Waals surface area contributed by atoms with Crippen LogP contribution in [0.5, 0.6) is 0 Å². The van der Waals surface area contributed by atoms with Gasteiger partial charge in [0.05, 0.1) is 24.6 Å². The number of carboxylic acid groups (broad SMARTS) is 1. The maximum Gasteiger partial charge on any atom is 0.303 e. The number of allylic oxidation sites excluding steroid dienone is 1. The molecule has 3 atom stereocenters. The Balaban J connectivity index is 4.56. The molecular formula is C24H44N2O5S. The molecule has 0 aromatic heterocycles. The van der Waals surface area contributed by atoms with Crippen LogP contribution in [0.25, 0.3) is 0 Å². The fourth-order valence-electron chi connectivity index (χ4n) is 3.55. The van der Waals surface area contributed by atoms with Gasteiger partial charge in [0.15, 0.2) is 5.78 Å². The van der Waals surface area contributed by atoms with Crippen LogP contribution in [0.2, 0.25) is 0 Å². The Morgan fingerprint density at radius 1 is 1.00 bits per heavy atom. The third kappa shape index (κ3) is 15.4. The summed E-state index contributed by atoms with van der Waals surface area (Å²) in [5, 5.41) is 21.8. The van der Waals surface area contributed by atoms with Crippen molar-refractivity contribution >= 4 is 30.3 Å². The molecule has 0 aliphatic carbocycles. The summed E-state index contributed by atoms with van der Waals surface area (Å²) in [5.41, 5.74) is 5.30. The number of aliphatic carboxylic acids is 1. The molecule has 0 aromatic rings. The largest absolute Gasteiger partial charge is 0.481 e. The minimum absolute atomic E-state index is 0.0432. The summed E-state index contributed by atoms with van der Waals surface area (Å²) in [4.78, 5) is 35.3. The van der Waals surface area contributed by atoms with E-state index in [-0.39, 0.29) is 30.9 Å². The number of nitrogens with one attached hydrogen (secondary N) is 1. The van der Waals surface area contributed by atoms with E-state index in [1.54, 1.807) is 6.08 Å². The number of amides is 1. The van der Waals surface area contributed by atoms with Crippen molar-refractivity contribution in [2.75, 3.05) is 12.3 Å². The summed E-state index contributed by atoms with van der Waals surface area (Å²) in [6, 6.07) is -0.888. The van der Waals surface area contributed by atoms with Gasteiger partial charge in [-0.3, -0.25) is 14.4 Å². The Kier molecular flexibility index (Phi) is 19.4. The number of carboxylic acids is 1. The fraction of sp³-hybridized carbons (Fsp3) is 0.792. The highest BCUT2D eigenvalue weighted by molar-refractivity contribution is 7.80. The number of carbonyl (C=O) groups is 3. The molecule has 1 amide bonds. The van der Waals surface area contributed by atoms with Crippen molar-refractivity contribution in [1.29, 1.82) is 0 Å². The van der Waals surface area contributed by atoms with E-state index >= 15 is 0 Å². The van der Waals surface area contributed by atoms with Gasteiger partial charge in [0.25, 0.3) is 0 Å². The highest BCUT2D eigenvalue weighted by Crippen LogP contribution is 2.17. The van der Waals surface area contributed by atoms with Crippen LogP contribution in [-0.4, -0.2) is 52.3 Å². The molecule has 8 heteroatoms. The number of aliphatic hydroxyl groups is 1. The second-order valence-electron chi connectivity index (χ2n) is 8.33.